The number of hydrogen-bond acceptors (Lipinski definition) is 6. The van der Waals surface area contributed by atoms with Crippen LogP contribution in [-0.4, -0.2) is 55.2 Å². The molecule has 0 unspecified atom stereocenters. The van der Waals surface area contributed by atoms with Crippen molar-refractivity contribution in [3.8, 4) is 22.4 Å². The summed E-state index contributed by atoms with van der Waals surface area (Å²) in [6, 6.07) is 14.6. The molecule has 27 heavy (non-hydrogen) atoms. The van der Waals surface area contributed by atoms with Gasteiger partial charge in [0.1, 0.15) is 24.0 Å². The van der Waals surface area contributed by atoms with E-state index in [-0.39, 0.29) is 6.61 Å². The van der Waals surface area contributed by atoms with Crippen molar-refractivity contribution in [2.45, 2.75) is 31.0 Å². The van der Waals surface area contributed by atoms with Gasteiger partial charge in [-0.05, 0) is 34.7 Å². The van der Waals surface area contributed by atoms with Crippen LogP contribution in [0.1, 0.15) is 17.4 Å². The van der Waals surface area contributed by atoms with Crippen LogP contribution < -0.4 is 0 Å². The molecular formula is C20H19N3O4. The van der Waals surface area contributed by atoms with E-state index in [9.17, 15) is 15.3 Å². The van der Waals surface area contributed by atoms with Crippen molar-refractivity contribution in [2.75, 3.05) is 6.61 Å². The largest absolute Gasteiger partial charge is 0.394 e. The fraction of sp³-hybridized carbons (Fsp3) is 0.300. The first-order valence-electron chi connectivity index (χ1n) is 8.91. The Kier molecular flexibility index (Phi) is 3.84. The molecule has 2 heterocycles. The molecule has 5 rings (SSSR count). The highest BCUT2D eigenvalue weighted by atomic mass is 16.6. The molecule has 0 radical (unpaired) electrons. The molecule has 0 saturated carbocycles. The van der Waals surface area contributed by atoms with Crippen molar-refractivity contribution in [1.82, 2.24) is 15.0 Å². The minimum absolute atomic E-state index is 0.373. The van der Waals surface area contributed by atoms with E-state index in [1.165, 1.54) is 26.9 Å². The number of aliphatic hydroxyl groups excluding tert-OH is 3. The summed E-state index contributed by atoms with van der Waals surface area (Å²) in [6.45, 7) is -0.373. The first-order chi connectivity index (χ1) is 13.2. The average molecular weight is 365 g/mol. The zero-order chi connectivity index (χ0) is 18.5. The minimum atomic E-state index is -1.17. The van der Waals surface area contributed by atoms with Gasteiger partial charge in [0.05, 0.1) is 12.8 Å². The van der Waals surface area contributed by atoms with Crippen LogP contribution in [-0.2, 0) is 11.2 Å². The normalized spacial score (nSPS) is 26.2. The molecule has 2 aliphatic rings. The van der Waals surface area contributed by atoms with E-state index in [4.69, 9.17) is 4.74 Å². The molecule has 1 aliphatic carbocycles. The summed E-state index contributed by atoms with van der Waals surface area (Å²) in [6.07, 6.45) is -1.47. The molecule has 138 valence electrons. The van der Waals surface area contributed by atoms with Gasteiger partial charge in [0, 0.05) is 5.56 Å². The molecule has 0 bridgehead atoms. The first-order valence-corrected chi connectivity index (χ1v) is 8.91. The quantitative estimate of drug-likeness (QED) is 0.503. The number of nitrogens with zero attached hydrogens (tertiary/aromatic N) is 3. The van der Waals surface area contributed by atoms with E-state index in [1.807, 2.05) is 6.07 Å². The minimum Gasteiger partial charge on any atom is -0.394 e. The van der Waals surface area contributed by atoms with E-state index in [0.717, 1.165) is 12.0 Å². The van der Waals surface area contributed by atoms with E-state index in [2.05, 4.69) is 46.7 Å². The molecule has 3 aromatic rings. The molecule has 1 aromatic heterocycles. The maximum absolute atomic E-state index is 10.1. The Balaban J connectivity index is 1.44. The molecule has 3 N–H and O–H groups in total. The average Bonchev–Trinajstić information content (AvgIpc) is 3.38. The Morgan fingerprint density at radius 1 is 1.04 bits per heavy atom. The molecule has 1 aliphatic heterocycles. The van der Waals surface area contributed by atoms with Crippen LogP contribution in [0.3, 0.4) is 0 Å². The lowest BCUT2D eigenvalue weighted by Crippen LogP contribution is -2.33. The Morgan fingerprint density at radius 3 is 2.67 bits per heavy atom. The highest BCUT2D eigenvalue weighted by Crippen LogP contribution is 2.38. The van der Waals surface area contributed by atoms with Gasteiger partial charge in [-0.2, -0.15) is 0 Å². The second kappa shape index (κ2) is 6.24. The molecular weight excluding hydrogens is 346 g/mol. The number of rotatable bonds is 3. The first kappa shape index (κ1) is 16.6. The number of ether oxygens (including phenoxy) is 1. The van der Waals surface area contributed by atoms with Crippen LogP contribution in [0.2, 0.25) is 0 Å². The molecule has 0 spiro atoms. The maximum atomic E-state index is 10.1. The SMILES string of the molecule is OC[C@H]1O[C@@H](n2cc(-c3ccc4c(c3)Cc3ccccc3-4)nn2)[C@H](O)[C@@H]1O. The molecule has 2 aromatic carbocycles. The van der Waals surface area contributed by atoms with E-state index >= 15 is 0 Å². The van der Waals surface area contributed by atoms with Crippen molar-refractivity contribution in [3.05, 3.63) is 59.8 Å². The van der Waals surface area contributed by atoms with Gasteiger partial charge < -0.3 is 20.1 Å². The Bertz CT molecular complexity index is 1000. The van der Waals surface area contributed by atoms with E-state index in [1.54, 1.807) is 6.20 Å². The predicted molar refractivity (Wildman–Crippen MR) is 96.7 cm³/mol. The van der Waals surface area contributed by atoms with Gasteiger partial charge in [-0.3, -0.25) is 0 Å². The van der Waals surface area contributed by atoms with Crippen molar-refractivity contribution >= 4 is 0 Å². The Hall–Kier alpha value is -2.58. The summed E-state index contributed by atoms with van der Waals surface area (Å²) in [5.41, 5.74) is 6.67. The number of fused-ring (bicyclic) bond motifs is 3. The second-order valence-electron chi connectivity index (χ2n) is 7.02. The second-order valence-corrected chi connectivity index (χ2v) is 7.02. The topological polar surface area (TPSA) is 101 Å². The third-order valence-electron chi connectivity index (χ3n) is 5.38. The number of hydrogen-bond donors (Lipinski definition) is 3. The van der Waals surface area contributed by atoms with Crippen LogP contribution in [0.25, 0.3) is 22.4 Å². The van der Waals surface area contributed by atoms with Crippen LogP contribution >= 0.6 is 0 Å². The molecule has 4 atom stereocenters. The molecule has 7 nitrogen and oxygen atoms in total. The van der Waals surface area contributed by atoms with Gasteiger partial charge in [0.25, 0.3) is 0 Å². The molecule has 7 heteroatoms. The Morgan fingerprint density at radius 2 is 1.85 bits per heavy atom. The fourth-order valence-corrected chi connectivity index (χ4v) is 3.94. The van der Waals surface area contributed by atoms with Gasteiger partial charge in [0.15, 0.2) is 6.23 Å². The molecule has 1 saturated heterocycles. The summed E-state index contributed by atoms with van der Waals surface area (Å²) in [4.78, 5) is 0. The third kappa shape index (κ3) is 2.59. The maximum Gasteiger partial charge on any atom is 0.180 e. The van der Waals surface area contributed by atoms with Crippen molar-refractivity contribution in [3.63, 3.8) is 0 Å². The van der Waals surface area contributed by atoms with Gasteiger partial charge in [-0.25, -0.2) is 4.68 Å². The van der Waals surface area contributed by atoms with Gasteiger partial charge in [0.2, 0.25) is 0 Å². The summed E-state index contributed by atoms with van der Waals surface area (Å²) < 4.78 is 6.89. The number of benzene rings is 2. The lowest BCUT2D eigenvalue weighted by molar-refractivity contribution is -0.0593. The van der Waals surface area contributed by atoms with Gasteiger partial charge in [-0.15, -0.1) is 5.10 Å². The summed E-state index contributed by atoms with van der Waals surface area (Å²) in [5.74, 6) is 0. The summed E-state index contributed by atoms with van der Waals surface area (Å²) >= 11 is 0. The smallest absolute Gasteiger partial charge is 0.180 e. The van der Waals surface area contributed by atoms with Crippen molar-refractivity contribution in [1.29, 1.82) is 0 Å². The fourth-order valence-electron chi connectivity index (χ4n) is 3.94. The highest BCUT2D eigenvalue weighted by Gasteiger charge is 2.44. The van der Waals surface area contributed by atoms with Crippen molar-refractivity contribution < 1.29 is 20.1 Å². The third-order valence-corrected chi connectivity index (χ3v) is 5.38. The van der Waals surface area contributed by atoms with Gasteiger partial charge >= 0.3 is 0 Å². The lowest BCUT2D eigenvalue weighted by Gasteiger charge is -2.13. The highest BCUT2D eigenvalue weighted by molar-refractivity contribution is 5.79. The number of aromatic nitrogens is 3. The Labute approximate surface area is 155 Å². The van der Waals surface area contributed by atoms with Crippen LogP contribution in [0.5, 0.6) is 0 Å². The predicted octanol–water partition coefficient (Wildman–Crippen LogP) is 1.13. The number of aliphatic hydroxyl groups is 3. The van der Waals surface area contributed by atoms with E-state index < -0.39 is 24.5 Å². The monoisotopic (exact) mass is 365 g/mol. The summed E-state index contributed by atoms with van der Waals surface area (Å²) in [7, 11) is 0. The van der Waals surface area contributed by atoms with Crippen LogP contribution in [0.4, 0.5) is 0 Å². The zero-order valence-corrected chi connectivity index (χ0v) is 14.4. The van der Waals surface area contributed by atoms with Gasteiger partial charge in [-0.1, -0.05) is 41.6 Å². The summed E-state index contributed by atoms with van der Waals surface area (Å²) in [5, 5.41) is 37.5. The van der Waals surface area contributed by atoms with Crippen molar-refractivity contribution in [2.24, 2.45) is 0 Å². The standard InChI is InChI=1S/C20H19N3O4/c24-10-17-18(25)19(26)20(27-17)23-9-16(21-22-23)12-5-6-15-13(8-12)7-11-3-1-2-4-14(11)15/h1-6,8-9,17-20,24-26H,7,10H2/t17-,18-,19-,20-/m1/s1. The van der Waals surface area contributed by atoms with Crippen LogP contribution in [0.15, 0.2) is 48.7 Å². The lowest BCUT2D eigenvalue weighted by atomic mass is 10.0. The zero-order valence-electron chi connectivity index (χ0n) is 14.4. The van der Waals surface area contributed by atoms with E-state index in [0.29, 0.717) is 5.69 Å². The molecule has 1 fully saturated rings. The van der Waals surface area contributed by atoms with Crippen LogP contribution in [0, 0.1) is 0 Å². The molecule has 0 amide bonds.